The van der Waals surface area contributed by atoms with E-state index in [4.69, 9.17) is 5.26 Å². The Kier molecular flexibility index (Phi) is 8.87. The molecular formula is C11H22N2. The minimum atomic E-state index is 0.952. The minimum absolute atomic E-state index is 0.952. The molecular weight excluding hydrogens is 160 g/mol. The Morgan fingerprint density at radius 1 is 0.923 bits per heavy atom. The van der Waals surface area contributed by atoms with Crippen LogP contribution >= 0.6 is 0 Å². The molecule has 0 amide bonds. The summed E-state index contributed by atoms with van der Waals surface area (Å²) in [6.07, 6.45) is 9.52. The monoisotopic (exact) mass is 182 g/mol. The second-order valence-electron chi connectivity index (χ2n) is 3.50. The molecule has 0 aromatic heterocycles. The van der Waals surface area contributed by atoms with E-state index in [1.807, 2.05) is 4.90 Å². The summed E-state index contributed by atoms with van der Waals surface area (Å²) in [6.45, 7) is 6.28. The van der Waals surface area contributed by atoms with Gasteiger partial charge in [0.25, 0.3) is 0 Å². The molecule has 0 aliphatic heterocycles. The van der Waals surface area contributed by atoms with Gasteiger partial charge in [0.1, 0.15) is 0 Å². The van der Waals surface area contributed by atoms with Crippen LogP contribution in [0.5, 0.6) is 0 Å². The van der Waals surface area contributed by atoms with E-state index in [1.54, 1.807) is 0 Å². The predicted molar refractivity (Wildman–Crippen MR) is 56.2 cm³/mol. The molecule has 0 aromatic rings. The molecule has 0 N–H and O–H groups in total. The summed E-state index contributed by atoms with van der Waals surface area (Å²) in [6, 6.07) is 0. The first-order valence-corrected chi connectivity index (χ1v) is 5.49. The van der Waals surface area contributed by atoms with Crippen molar-refractivity contribution in [3.63, 3.8) is 0 Å². The van der Waals surface area contributed by atoms with Gasteiger partial charge in [-0.25, -0.2) is 0 Å². The van der Waals surface area contributed by atoms with Gasteiger partial charge in [-0.3, -0.25) is 0 Å². The van der Waals surface area contributed by atoms with Crippen molar-refractivity contribution in [2.45, 2.75) is 52.4 Å². The van der Waals surface area contributed by atoms with Crippen LogP contribution in [0.4, 0.5) is 0 Å². The first kappa shape index (κ1) is 12.3. The summed E-state index contributed by atoms with van der Waals surface area (Å²) in [4.78, 5) is 1.89. The number of rotatable bonds is 8. The van der Waals surface area contributed by atoms with Crippen LogP contribution in [0.2, 0.25) is 0 Å². The highest BCUT2D eigenvalue weighted by Gasteiger charge is 1.99. The van der Waals surface area contributed by atoms with Gasteiger partial charge in [0.15, 0.2) is 6.19 Å². The average molecular weight is 182 g/mol. The molecule has 2 heteroatoms. The third-order valence-corrected chi connectivity index (χ3v) is 2.20. The van der Waals surface area contributed by atoms with E-state index in [2.05, 4.69) is 20.0 Å². The molecule has 76 valence electrons. The number of hydrogen-bond donors (Lipinski definition) is 0. The Morgan fingerprint density at radius 2 is 1.38 bits per heavy atom. The highest BCUT2D eigenvalue weighted by Crippen LogP contribution is 2.01. The first-order valence-electron chi connectivity index (χ1n) is 5.49. The zero-order valence-corrected chi connectivity index (χ0v) is 9.05. The van der Waals surface area contributed by atoms with Crippen LogP contribution in [0, 0.1) is 11.5 Å². The lowest BCUT2D eigenvalue weighted by atomic mass is 10.2. The highest BCUT2D eigenvalue weighted by molar-refractivity contribution is 4.72. The summed E-state index contributed by atoms with van der Waals surface area (Å²) >= 11 is 0. The largest absolute Gasteiger partial charge is 0.311 e. The molecule has 0 saturated carbocycles. The Hall–Kier alpha value is -0.710. The van der Waals surface area contributed by atoms with E-state index in [1.165, 1.54) is 25.7 Å². The van der Waals surface area contributed by atoms with E-state index in [9.17, 15) is 0 Å². The van der Waals surface area contributed by atoms with E-state index in [0.717, 1.165) is 25.9 Å². The van der Waals surface area contributed by atoms with Crippen LogP contribution in [-0.4, -0.2) is 18.0 Å². The van der Waals surface area contributed by atoms with E-state index >= 15 is 0 Å². The fraction of sp³-hybridized carbons (Fsp3) is 0.909. The van der Waals surface area contributed by atoms with Gasteiger partial charge in [-0.05, 0) is 12.8 Å². The standard InChI is InChI=1S/C11H22N2/c1-3-5-7-9-13(11-12)10-8-6-4-2/h3-10H2,1-2H3. The molecule has 0 heterocycles. The Balaban J connectivity index is 3.36. The van der Waals surface area contributed by atoms with Crippen LogP contribution in [-0.2, 0) is 0 Å². The maximum Gasteiger partial charge on any atom is 0.179 e. The molecule has 0 unspecified atom stereocenters. The van der Waals surface area contributed by atoms with Gasteiger partial charge in [-0.15, -0.1) is 0 Å². The summed E-state index contributed by atoms with van der Waals surface area (Å²) in [5.74, 6) is 0. The zero-order valence-electron chi connectivity index (χ0n) is 9.05. The molecule has 2 nitrogen and oxygen atoms in total. The summed E-state index contributed by atoms with van der Waals surface area (Å²) in [5, 5.41) is 8.80. The van der Waals surface area contributed by atoms with Gasteiger partial charge >= 0.3 is 0 Å². The van der Waals surface area contributed by atoms with Crippen molar-refractivity contribution in [1.82, 2.24) is 4.90 Å². The van der Waals surface area contributed by atoms with E-state index < -0.39 is 0 Å². The lowest BCUT2D eigenvalue weighted by Crippen LogP contribution is -2.20. The number of nitrogens with zero attached hydrogens (tertiary/aromatic N) is 2. The van der Waals surface area contributed by atoms with Crippen molar-refractivity contribution in [2.24, 2.45) is 0 Å². The van der Waals surface area contributed by atoms with Crippen molar-refractivity contribution < 1.29 is 0 Å². The molecule has 0 aliphatic carbocycles. The summed E-state index contributed by atoms with van der Waals surface area (Å²) in [5.41, 5.74) is 0. The van der Waals surface area contributed by atoms with Gasteiger partial charge in [-0.2, -0.15) is 5.26 Å². The van der Waals surface area contributed by atoms with Crippen LogP contribution < -0.4 is 0 Å². The Bertz CT molecular complexity index is 128. The molecule has 0 saturated heterocycles. The molecule has 0 bridgehead atoms. The minimum Gasteiger partial charge on any atom is -0.311 e. The molecule has 13 heavy (non-hydrogen) atoms. The van der Waals surface area contributed by atoms with Crippen LogP contribution in [0.15, 0.2) is 0 Å². The molecule has 0 atom stereocenters. The third-order valence-electron chi connectivity index (χ3n) is 2.20. The number of unbranched alkanes of at least 4 members (excludes halogenated alkanes) is 4. The highest BCUT2D eigenvalue weighted by atomic mass is 15.1. The van der Waals surface area contributed by atoms with E-state index in [-0.39, 0.29) is 0 Å². The molecule has 0 aromatic carbocycles. The summed E-state index contributed by atoms with van der Waals surface area (Å²) in [7, 11) is 0. The normalized spacial score (nSPS) is 9.62. The molecule has 0 fully saturated rings. The SMILES string of the molecule is CCCCCN(C#N)CCCCC. The molecule has 0 radical (unpaired) electrons. The maximum atomic E-state index is 8.80. The van der Waals surface area contributed by atoms with Gasteiger partial charge in [0, 0.05) is 13.1 Å². The second kappa shape index (κ2) is 9.38. The van der Waals surface area contributed by atoms with E-state index in [0.29, 0.717) is 0 Å². The smallest absolute Gasteiger partial charge is 0.179 e. The third kappa shape index (κ3) is 7.64. The summed E-state index contributed by atoms with van der Waals surface area (Å²) < 4.78 is 0. The van der Waals surface area contributed by atoms with Gasteiger partial charge in [-0.1, -0.05) is 39.5 Å². The number of nitriles is 1. The predicted octanol–water partition coefficient (Wildman–Crippen LogP) is 3.15. The van der Waals surface area contributed by atoms with Gasteiger partial charge in [0.05, 0.1) is 0 Å². The zero-order chi connectivity index (χ0) is 9.94. The average Bonchev–Trinajstić information content (AvgIpc) is 2.16. The fourth-order valence-electron chi connectivity index (χ4n) is 1.32. The van der Waals surface area contributed by atoms with Gasteiger partial charge in [0.2, 0.25) is 0 Å². The molecule has 0 aliphatic rings. The van der Waals surface area contributed by atoms with Crippen molar-refractivity contribution in [3.05, 3.63) is 0 Å². The maximum absolute atomic E-state index is 8.80. The quantitative estimate of drug-likeness (QED) is 0.327. The van der Waals surface area contributed by atoms with Crippen molar-refractivity contribution >= 4 is 0 Å². The molecule has 0 spiro atoms. The van der Waals surface area contributed by atoms with Crippen molar-refractivity contribution in [1.29, 1.82) is 5.26 Å². The van der Waals surface area contributed by atoms with Crippen molar-refractivity contribution in [2.75, 3.05) is 13.1 Å². The lowest BCUT2D eigenvalue weighted by Gasteiger charge is -2.14. The topological polar surface area (TPSA) is 27.0 Å². The van der Waals surface area contributed by atoms with Gasteiger partial charge < -0.3 is 4.90 Å². The van der Waals surface area contributed by atoms with Crippen LogP contribution in [0.1, 0.15) is 52.4 Å². The van der Waals surface area contributed by atoms with Crippen molar-refractivity contribution in [3.8, 4) is 6.19 Å². The lowest BCUT2D eigenvalue weighted by molar-refractivity contribution is 0.368. The second-order valence-corrected chi connectivity index (χ2v) is 3.50. The Labute approximate surface area is 82.5 Å². The molecule has 0 rings (SSSR count). The Morgan fingerprint density at radius 3 is 1.69 bits per heavy atom. The number of hydrogen-bond acceptors (Lipinski definition) is 2. The first-order chi connectivity index (χ1) is 6.35. The van der Waals surface area contributed by atoms with Crippen LogP contribution in [0.25, 0.3) is 0 Å². The van der Waals surface area contributed by atoms with Crippen LogP contribution in [0.3, 0.4) is 0 Å². The fourth-order valence-corrected chi connectivity index (χ4v) is 1.32.